The molecule has 3 heterocycles. The van der Waals surface area contributed by atoms with E-state index in [1.54, 1.807) is 12.1 Å². The van der Waals surface area contributed by atoms with Gasteiger partial charge in [0.05, 0.1) is 28.8 Å². The van der Waals surface area contributed by atoms with Crippen LogP contribution in [0.2, 0.25) is 0 Å². The average molecular weight is 508 g/mol. The molecule has 0 saturated carbocycles. The lowest BCUT2D eigenvalue weighted by molar-refractivity contribution is -0.123. The van der Waals surface area contributed by atoms with Crippen LogP contribution in [0.5, 0.6) is 0 Å². The number of carbonyl (C=O) groups is 3. The van der Waals surface area contributed by atoms with Gasteiger partial charge in [0.25, 0.3) is 11.8 Å². The largest absolute Gasteiger partial charge is 0.376 e. The summed E-state index contributed by atoms with van der Waals surface area (Å²) in [5, 5.41) is 2.90. The molecule has 1 atom stereocenters. The Morgan fingerprint density at radius 3 is 2.69 bits per heavy atom. The summed E-state index contributed by atoms with van der Waals surface area (Å²) < 4.78 is 6.10. The van der Waals surface area contributed by atoms with E-state index in [1.165, 1.54) is 9.80 Å². The van der Waals surface area contributed by atoms with Crippen molar-refractivity contribution in [1.82, 2.24) is 4.90 Å². The van der Waals surface area contributed by atoms with Gasteiger partial charge in [-0.3, -0.25) is 24.2 Å². The lowest BCUT2D eigenvalue weighted by atomic mass is 10.1. The third-order valence-corrected chi connectivity index (χ3v) is 7.82. The minimum atomic E-state index is -0.375. The van der Waals surface area contributed by atoms with E-state index in [1.807, 2.05) is 44.2 Å². The van der Waals surface area contributed by atoms with Gasteiger partial charge in [0.1, 0.15) is 10.9 Å². The third-order valence-electron chi connectivity index (χ3n) is 6.37. The Morgan fingerprint density at radius 2 is 1.94 bits per heavy atom. The molecule has 0 bridgehead atoms. The second-order valence-electron chi connectivity index (χ2n) is 8.90. The van der Waals surface area contributed by atoms with Gasteiger partial charge in [-0.25, -0.2) is 0 Å². The molecule has 1 N–H and O–H groups in total. The van der Waals surface area contributed by atoms with Crippen molar-refractivity contribution in [2.24, 2.45) is 0 Å². The zero-order valence-corrected chi connectivity index (χ0v) is 21.1. The summed E-state index contributed by atoms with van der Waals surface area (Å²) in [6.07, 6.45) is 1.80. The van der Waals surface area contributed by atoms with Gasteiger partial charge in [0, 0.05) is 17.9 Å². The summed E-state index contributed by atoms with van der Waals surface area (Å²) in [5.41, 5.74) is 4.29. The highest BCUT2D eigenvalue weighted by Crippen LogP contribution is 2.44. The van der Waals surface area contributed by atoms with Crippen LogP contribution in [0.3, 0.4) is 0 Å². The molecular formula is C26H25N3O4S2. The molecule has 0 spiro atoms. The molecular weight excluding hydrogens is 482 g/mol. The first kappa shape index (κ1) is 23.7. The van der Waals surface area contributed by atoms with Crippen LogP contribution >= 0.6 is 24.0 Å². The molecule has 2 saturated heterocycles. The molecule has 0 aliphatic carbocycles. The normalized spacial score (nSPS) is 21.8. The Bertz CT molecular complexity index is 1280. The van der Waals surface area contributed by atoms with Crippen molar-refractivity contribution < 1.29 is 19.1 Å². The molecule has 9 heteroatoms. The van der Waals surface area contributed by atoms with Crippen molar-refractivity contribution in [3.63, 3.8) is 0 Å². The maximum atomic E-state index is 13.6. The molecule has 3 aliphatic rings. The Morgan fingerprint density at radius 1 is 1.14 bits per heavy atom. The number of anilines is 2. The van der Waals surface area contributed by atoms with E-state index in [9.17, 15) is 14.4 Å². The van der Waals surface area contributed by atoms with E-state index >= 15 is 0 Å². The number of benzene rings is 2. The van der Waals surface area contributed by atoms with Gasteiger partial charge < -0.3 is 10.1 Å². The highest BCUT2D eigenvalue weighted by molar-refractivity contribution is 8.26. The topological polar surface area (TPSA) is 79.0 Å². The number of fused-ring (bicyclic) bond motifs is 1. The molecule has 5 rings (SSSR count). The lowest BCUT2D eigenvalue weighted by Gasteiger charge is -2.18. The molecule has 7 nitrogen and oxygen atoms in total. The van der Waals surface area contributed by atoms with Crippen molar-refractivity contribution in [3.8, 4) is 0 Å². The van der Waals surface area contributed by atoms with E-state index in [4.69, 9.17) is 17.0 Å². The number of ether oxygens (including phenoxy) is 1. The molecule has 1 unspecified atom stereocenters. The average Bonchev–Trinajstić information content (AvgIpc) is 3.51. The molecule has 180 valence electrons. The van der Waals surface area contributed by atoms with Gasteiger partial charge in [-0.1, -0.05) is 59.9 Å². The number of nitrogens with zero attached hydrogens (tertiary/aromatic N) is 2. The predicted octanol–water partition coefficient (Wildman–Crippen LogP) is 4.04. The van der Waals surface area contributed by atoms with Crippen molar-refractivity contribution in [3.05, 3.63) is 64.1 Å². The number of hydrogen-bond donors (Lipinski definition) is 1. The van der Waals surface area contributed by atoms with Crippen LogP contribution in [0.4, 0.5) is 11.4 Å². The van der Waals surface area contributed by atoms with Crippen molar-refractivity contribution in [1.29, 1.82) is 0 Å². The van der Waals surface area contributed by atoms with E-state index in [0.29, 0.717) is 44.9 Å². The standard InChI is InChI=1S/C26H25N3O4S2/c1-15-9-10-19(16(2)12-15)27-21(30)14-28-20-8-4-3-7-18(20)22(24(28)31)23-25(32)29(26(34)35-23)13-17-6-5-11-33-17/h3-4,7-10,12,17H,5-6,11,13-14H2,1-2H3,(H,27,30)/b23-22-. The van der Waals surface area contributed by atoms with Gasteiger partial charge in [0.2, 0.25) is 5.91 Å². The fourth-order valence-corrected chi connectivity index (χ4v) is 5.99. The van der Waals surface area contributed by atoms with Crippen LogP contribution in [0.1, 0.15) is 29.5 Å². The van der Waals surface area contributed by atoms with E-state index in [0.717, 1.165) is 35.7 Å². The Labute approximate surface area is 213 Å². The summed E-state index contributed by atoms with van der Waals surface area (Å²) in [6, 6.07) is 13.0. The summed E-state index contributed by atoms with van der Waals surface area (Å²) in [4.78, 5) is 43.1. The molecule has 2 aromatic rings. The zero-order valence-electron chi connectivity index (χ0n) is 19.5. The van der Waals surface area contributed by atoms with Gasteiger partial charge in [-0.05, 0) is 44.4 Å². The monoisotopic (exact) mass is 507 g/mol. The molecule has 0 aromatic heterocycles. The number of carbonyl (C=O) groups excluding carboxylic acids is 3. The maximum Gasteiger partial charge on any atom is 0.267 e. The number of amides is 3. The summed E-state index contributed by atoms with van der Waals surface area (Å²) >= 11 is 6.63. The number of hydrogen-bond acceptors (Lipinski definition) is 6. The number of para-hydroxylation sites is 1. The number of aryl methyl sites for hydroxylation is 2. The fraction of sp³-hybridized carbons (Fsp3) is 0.308. The highest BCUT2D eigenvalue weighted by Gasteiger charge is 2.43. The minimum Gasteiger partial charge on any atom is -0.376 e. The van der Waals surface area contributed by atoms with Crippen LogP contribution < -0.4 is 10.2 Å². The first-order chi connectivity index (χ1) is 16.8. The molecule has 3 amide bonds. The predicted molar refractivity (Wildman–Crippen MR) is 141 cm³/mol. The highest BCUT2D eigenvalue weighted by atomic mass is 32.2. The number of thiocarbonyl (C=S) groups is 1. The summed E-state index contributed by atoms with van der Waals surface area (Å²) in [5.74, 6) is -0.970. The number of thioether (sulfide) groups is 1. The first-order valence-electron chi connectivity index (χ1n) is 11.5. The first-order valence-corrected chi connectivity index (χ1v) is 12.7. The van der Waals surface area contributed by atoms with E-state index in [2.05, 4.69) is 5.32 Å². The van der Waals surface area contributed by atoms with Crippen LogP contribution in [0, 0.1) is 13.8 Å². The molecule has 2 fully saturated rings. The van der Waals surface area contributed by atoms with E-state index < -0.39 is 0 Å². The second kappa shape index (κ2) is 9.56. The van der Waals surface area contributed by atoms with Gasteiger partial charge >= 0.3 is 0 Å². The maximum absolute atomic E-state index is 13.6. The van der Waals surface area contributed by atoms with Gasteiger partial charge in [-0.15, -0.1) is 0 Å². The van der Waals surface area contributed by atoms with Crippen LogP contribution in [-0.2, 0) is 19.1 Å². The van der Waals surface area contributed by atoms with E-state index in [-0.39, 0.29) is 30.4 Å². The van der Waals surface area contributed by atoms with Crippen LogP contribution in [0.25, 0.3) is 5.57 Å². The Balaban J connectivity index is 1.41. The smallest absolute Gasteiger partial charge is 0.267 e. The van der Waals surface area contributed by atoms with Crippen molar-refractivity contribution in [2.75, 3.05) is 29.9 Å². The van der Waals surface area contributed by atoms with Gasteiger partial charge in [0.15, 0.2) is 0 Å². The molecule has 0 radical (unpaired) electrons. The number of nitrogens with one attached hydrogen (secondary N) is 1. The lowest BCUT2D eigenvalue weighted by Crippen LogP contribution is -2.36. The SMILES string of the molecule is Cc1ccc(NC(=O)CN2C(=O)/C(=C3\SC(=S)N(CC4CCCO4)C3=O)c3ccccc32)c(C)c1. The quantitative estimate of drug-likeness (QED) is 0.486. The number of rotatable bonds is 5. The third kappa shape index (κ3) is 4.51. The molecule has 2 aromatic carbocycles. The molecule has 35 heavy (non-hydrogen) atoms. The van der Waals surface area contributed by atoms with Gasteiger partial charge in [-0.2, -0.15) is 0 Å². The van der Waals surface area contributed by atoms with Crippen molar-refractivity contribution >= 4 is 63.0 Å². The zero-order chi connectivity index (χ0) is 24.7. The fourth-order valence-electron chi connectivity index (χ4n) is 4.64. The summed E-state index contributed by atoms with van der Waals surface area (Å²) in [7, 11) is 0. The Kier molecular flexibility index (Phi) is 6.48. The molecule has 3 aliphatic heterocycles. The van der Waals surface area contributed by atoms with Crippen LogP contribution in [0.15, 0.2) is 47.4 Å². The van der Waals surface area contributed by atoms with Crippen molar-refractivity contribution in [2.45, 2.75) is 32.8 Å². The Hall–Kier alpha value is -3.01. The summed E-state index contributed by atoms with van der Waals surface area (Å²) in [6.45, 7) is 4.83. The van der Waals surface area contributed by atoms with Crippen LogP contribution in [-0.4, -0.2) is 52.7 Å². The second-order valence-corrected chi connectivity index (χ2v) is 10.5. The minimum absolute atomic E-state index is 0.0427.